The van der Waals surface area contributed by atoms with Gasteiger partial charge in [0.05, 0.1) is 0 Å². The van der Waals surface area contributed by atoms with Crippen LogP contribution in [0.25, 0.3) is 0 Å². The average molecular weight is 272 g/mol. The topological polar surface area (TPSA) is 17.1 Å². The summed E-state index contributed by atoms with van der Waals surface area (Å²) in [5.74, 6) is 0.0277. The second-order valence-corrected chi connectivity index (χ2v) is 5.80. The maximum absolute atomic E-state index is 12.8. The average Bonchev–Trinajstić information content (AvgIpc) is 2.42. The van der Waals surface area contributed by atoms with E-state index in [9.17, 15) is 9.18 Å². The minimum absolute atomic E-state index is 0.222. The highest BCUT2D eigenvalue weighted by atomic mass is 32.2. The molecule has 0 aliphatic heterocycles. The molecule has 1 nitrogen and oxygen atoms in total. The Morgan fingerprint density at radius 2 is 1.68 bits per heavy atom. The standard InChI is InChI=1S/C16H13FOS/c17-12-4-6-13(7-5-12)19-14-8-9-15-11(10-14)2-1-3-16(15)18/h4-10H,1-3H2. The van der Waals surface area contributed by atoms with Gasteiger partial charge in [0, 0.05) is 21.8 Å². The predicted octanol–water partition coefficient (Wildman–Crippen LogP) is 4.50. The normalized spacial score (nSPS) is 14.3. The Morgan fingerprint density at radius 3 is 2.47 bits per heavy atom. The zero-order valence-corrected chi connectivity index (χ0v) is 11.2. The molecule has 1 aliphatic carbocycles. The number of hydrogen-bond donors (Lipinski definition) is 0. The van der Waals surface area contributed by atoms with Gasteiger partial charge in [-0.05, 0) is 54.8 Å². The summed E-state index contributed by atoms with van der Waals surface area (Å²) >= 11 is 1.59. The van der Waals surface area contributed by atoms with Gasteiger partial charge >= 0.3 is 0 Å². The molecule has 3 heteroatoms. The van der Waals surface area contributed by atoms with Crippen LogP contribution < -0.4 is 0 Å². The molecule has 0 saturated carbocycles. The number of ketones is 1. The molecule has 0 aromatic heterocycles. The van der Waals surface area contributed by atoms with Crippen molar-refractivity contribution in [2.45, 2.75) is 29.1 Å². The molecule has 0 fully saturated rings. The molecule has 0 spiro atoms. The third-order valence-electron chi connectivity index (χ3n) is 3.28. The molecule has 0 radical (unpaired) electrons. The number of carbonyl (C=O) groups is 1. The third-order valence-corrected chi connectivity index (χ3v) is 4.27. The summed E-state index contributed by atoms with van der Waals surface area (Å²) in [5.41, 5.74) is 2.01. The van der Waals surface area contributed by atoms with Crippen LogP contribution in [-0.4, -0.2) is 5.78 Å². The van der Waals surface area contributed by atoms with E-state index < -0.39 is 0 Å². The molecular formula is C16H13FOS. The molecule has 1 aliphatic rings. The maximum atomic E-state index is 12.8. The summed E-state index contributed by atoms with van der Waals surface area (Å²) in [6.07, 6.45) is 2.58. The first kappa shape index (κ1) is 12.4. The molecular weight excluding hydrogens is 259 g/mol. The van der Waals surface area contributed by atoms with Gasteiger partial charge in [0.25, 0.3) is 0 Å². The van der Waals surface area contributed by atoms with Crippen molar-refractivity contribution in [1.82, 2.24) is 0 Å². The van der Waals surface area contributed by atoms with E-state index >= 15 is 0 Å². The SMILES string of the molecule is O=C1CCCc2cc(Sc3ccc(F)cc3)ccc21. The number of Topliss-reactive ketones (excluding diaryl/α,β-unsaturated/α-hetero) is 1. The van der Waals surface area contributed by atoms with Gasteiger partial charge in [-0.25, -0.2) is 4.39 Å². The van der Waals surface area contributed by atoms with E-state index in [1.165, 1.54) is 12.1 Å². The largest absolute Gasteiger partial charge is 0.294 e. The molecule has 0 amide bonds. The van der Waals surface area contributed by atoms with E-state index in [1.807, 2.05) is 12.1 Å². The second kappa shape index (κ2) is 5.17. The van der Waals surface area contributed by atoms with Gasteiger partial charge in [-0.15, -0.1) is 0 Å². The lowest BCUT2D eigenvalue weighted by Gasteiger charge is -2.15. The van der Waals surface area contributed by atoms with Gasteiger partial charge < -0.3 is 0 Å². The molecule has 96 valence electrons. The fourth-order valence-corrected chi connectivity index (χ4v) is 3.21. The Morgan fingerprint density at radius 1 is 0.947 bits per heavy atom. The smallest absolute Gasteiger partial charge is 0.163 e. The summed E-state index contributed by atoms with van der Waals surface area (Å²) < 4.78 is 12.8. The highest BCUT2D eigenvalue weighted by Gasteiger charge is 2.17. The quantitative estimate of drug-likeness (QED) is 0.801. The molecule has 3 rings (SSSR count). The lowest BCUT2D eigenvalue weighted by atomic mass is 9.91. The Labute approximate surface area is 115 Å². The van der Waals surface area contributed by atoms with Crippen LogP contribution in [0, 0.1) is 5.82 Å². The van der Waals surface area contributed by atoms with Crippen LogP contribution in [0.15, 0.2) is 52.3 Å². The lowest BCUT2D eigenvalue weighted by molar-refractivity contribution is 0.0972. The number of rotatable bonds is 2. The number of fused-ring (bicyclic) bond motifs is 1. The number of hydrogen-bond acceptors (Lipinski definition) is 2. The third kappa shape index (κ3) is 2.71. The molecule has 2 aromatic rings. The van der Waals surface area contributed by atoms with E-state index in [0.29, 0.717) is 6.42 Å². The van der Waals surface area contributed by atoms with Crippen molar-refractivity contribution < 1.29 is 9.18 Å². The highest BCUT2D eigenvalue weighted by molar-refractivity contribution is 7.99. The van der Waals surface area contributed by atoms with Crippen molar-refractivity contribution in [1.29, 1.82) is 0 Å². The molecule has 0 N–H and O–H groups in total. The van der Waals surface area contributed by atoms with Crippen LogP contribution in [0.4, 0.5) is 4.39 Å². The zero-order chi connectivity index (χ0) is 13.2. The zero-order valence-electron chi connectivity index (χ0n) is 10.4. The molecule has 0 saturated heterocycles. The molecule has 0 bridgehead atoms. The van der Waals surface area contributed by atoms with Gasteiger partial charge in [0.2, 0.25) is 0 Å². The van der Waals surface area contributed by atoms with Crippen molar-refractivity contribution in [3.05, 3.63) is 59.4 Å². The molecule has 0 atom stereocenters. The number of carbonyl (C=O) groups excluding carboxylic acids is 1. The Bertz CT molecular complexity index is 619. The molecule has 19 heavy (non-hydrogen) atoms. The van der Waals surface area contributed by atoms with Gasteiger partial charge in [0.15, 0.2) is 5.78 Å². The van der Waals surface area contributed by atoms with E-state index in [4.69, 9.17) is 0 Å². The number of benzene rings is 2. The monoisotopic (exact) mass is 272 g/mol. The van der Waals surface area contributed by atoms with Crippen molar-refractivity contribution in [2.24, 2.45) is 0 Å². The Hall–Kier alpha value is -1.61. The minimum Gasteiger partial charge on any atom is -0.294 e. The van der Waals surface area contributed by atoms with Crippen LogP contribution >= 0.6 is 11.8 Å². The highest BCUT2D eigenvalue weighted by Crippen LogP contribution is 2.31. The molecule has 0 unspecified atom stereocenters. The van der Waals surface area contributed by atoms with E-state index in [2.05, 4.69) is 6.07 Å². The van der Waals surface area contributed by atoms with Gasteiger partial charge in [-0.2, -0.15) is 0 Å². The summed E-state index contributed by atoms with van der Waals surface area (Å²) in [6.45, 7) is 0. The number of aryl methyl sites for hydroxylation is 1. The Balaban J connectivity index is 1.86. The van der Waals surface area contributed by atoms with Crippen LogP contribution in [0.1, 0.15) is 28.8 Å². The van der Waals surface area contributed by atoms with Crippen molar-refractivity contribution >= 4 is 17.5 Å². The van der Waals surface area contributed by atoms with Crippen LogP contribution in [0.5, 0.6) is 0 Å². The summed E-state index contributed by atoms with van der Waals surface area (Å²) in [7, 11) is 0. The van der Waals surface area contributed by atoms with E-state index in [-0.39, 0.29) is 11.6 Å². The maximum Gasteiger partial charge on any atom is 0.163 e. The van der Waals surface area contributed by atoms with Gasteiger partial charge in [-0.1, -0.05) is 17.8 Å². The van der Waals surface area contributed by atoms with Crippen molar-refractivity contribution in [3.63, 3.8) is 0 Å². The second-order valence-electron chi connectivity index (χ2n) is 4.65. The van der Waals surface area contributed by atoms with Crippen molar-refractivity contribution in [3.8, 4) is 0 Å². The summed E-state index contributed by atoms with van der Waals surface area (Å²) in [5, 5.41) is 0. The molecule has 2 aromatic carbocycles. The summed E-state index contributed by atoms with van der Waals surface area (Å²) in [6, 6.07) is 12.4. The predicted molar refractivity (Wildman–Crippen MR) is 74.2 cm³/mol. The minimum atomic E-state index is -0.222. The van der Waals surface area contributed by atoms with Gasteiger partial charge in [0.1, 0.15) is 5.82 Å². The van der Waals surface area contributed by atoms with Gasteiger partial charge in [-0.3, -0.25) is 4.79 Å². The van der Waals surface area contributed by atoms with Crippen LogP contribution in [-0.2, 0) is 6.42 Å². The first-order valence-electron chi connectivity index (χ1n) is 6.32. The first-order chi connectivity index (χ1) is 9.22. The lowest BCUT2D eigenvalue weighted by Crippen LogP contribution is -2.10. The number of halogens is 1. The first-order valence-corrected chi connectivity index (χ1v) is 7.13. The summed E-state index contributed by atoms with van der Waals surface area (Å²) in [4.78, 5) is 13.8. The Kier molecular flexibility index (Phi) is 3.38. The van der Waals surface area contributed by atoms with Crippen LogP contribution in [0.3, 0.4) is 0 Å². The fourth-order valence-electron chi connectivity index (χ4n) is 2.33. The van der Waals surface area contributed by atoms with E-state index in [1.54, 1.807) is 23.9 Å². The van der Waals surface area contributed by atoms with E-state index in [0.717, 1.165) is 33.8 Å². The fraction of sp³-hybridized carbons (Fsp3) is 0.188. The molecule has 0 heterocycles. The van der Waals surface area contributed by atoms with Crippen LogP contribution in [0.2, 0.25) is 0 Å². The van der Waals surface area contributed by atoms with Crippen molar-refractivity contribution in [2.75, 3.05) is 0 Å².